The second kappa shape index (κ2) is 6.18. The first-order chi connectivity index (χ1) is 8.76. The van der Waals surface area contributed by atoms with Crippen molar-refractivity contribution in [2.24, 2.45) is 0 Å². The fourth-order valence-electron chi connectivity index (χ4n) is 1.23. The standard InChI is InChI=1S/C14H22N2O2Si/c1-14(2,3)19(4,5)18-9-8-17-13-6-7-16-12(10-13)11-15/h6-7,10H,8-9H2,1-5H3. The number of aromatic nitrogens is 1. The Morgan fingerprint density at radius 3 is 2.58 bits per heavy atom. The molecule has 0 radical (unpaired) electrons. The van der Waals surface area contributed by atoms with Crippen LogP contribution in [0, 0.1) is 11.3 Å². The van der Waals surface area contributed by atoms with Crippen LogP contribution in [0.25, 0.3) is 0 Å². The van der Waals surface area contributed by atoms with Crippen molar-refractivity contribution in [3.8, 4) is 11.8 Å². The summed E-state index contributed by atoms with van der Waals surface area (Å²) < 4.78 is 11.6. The van der Waals surface area contributed by atoms with Crippen molar-refractivity contribution in [1.29, 1.82) is 5.26 Å². The summed E-state index contributed by atoms with van der Waals surface area (Å²) in [5.41, 5.74) is 0.364. The Labute approximate surface area is 116 Å². The molecule has 0 amide bonds. The minimum absolute atomic E-state index is 0.206. The van der Waals surface area contributed by atoms with Gasteiger partial charge < -0.3 is 9.16 Å². The molecular formula is C14H22N2O2Si. The number of hydrogen-bond acceptors (Lipinski definition) is 4. The van der Waals surface area contributed by atoms with Gasteiger partial charge in [0, 0.05) is 12.3 Å². The van der Waals surface area contributed by atoms with Gasteiger partial charge in [0.05, 0.1) is 6.61 Å². The molecule has 0 atom stereocenters. The van der Waals surface area contributed by atoms with Gasteiger partial charge in [0.1, 0.15) is 24.1 Å². The Hall–Kier alpha value is -1.38. The minimum atomic E-state index is -1.71. The van der Waals surface area contributed by atoms with E-state index in [2.05, 4.69) is 38.8 Å². The SMILES string of the molecule is CC(C)(C)[Si](C)(C)OCCOc1ccnc(C#N)c1. The summed E-state index contributed by atoms with van der Waals surface area (Å²) in [6, 6.07) is 5.36. The van der Waals surface area contributed by atoms with E-state index in [1.165, 1.54) is 0 Å². The minimum Gasteiger partial charge on any atom is -0.491 e. The normalized spacial score (nSPS) is 12.0. The van der Waals surface area contributed by atoms with Crippen LogP contribution in [-0.4, -0.2) is 26.5 Å². The van der Waals surface area contributed by atoms with E-state index < -0.39 is 8.32 Å². The summed E-state index contributed by atoms with van der Waals surface area (Å²) in [4.78, 5) is 3.89. The van der Waals surface area contributed by atoms with E-state index in [-0.39, 0.29) is 5.04 Å². The fraction of sp³-hybridized carbons (Fsp3) is 0.571. The highest BCUT2D eigenvalue weighted by Gasteiger charge is 2.36. The number of ether oxygens (including phenoxy) is 1. The number of nitrogens with zero attached hydrogens (tertiary/aromatic N) is 2. The summed E-state index contributed by atoms with van der Waals surface area (Å²) in [6.07, 6.45) is 1.57. The third-order valence-corrected chi connectivity index (χ3v) is 8.01. The van der Waals surface area contributed by atoms with Crippen LogP contribution in [0.4, 0.5) is 0 Å². The summed E-state index contributed by atoms with van der Waals surface area (Å²) >= 11 is 0. The third-order valence-electron chi connectivity index (χ3n) is 3.47. The van der Waals surface area contributed by atoms with Gasteiger partial charge in [-0.25, -0.2) is 4.98 Å². The molecule has 1 aromatic rings. The van der Waals surface area contributed by atoms with Crippen LogP contribution < -0.4 is 4.74 Å². The van der Waals surface area contributed by atoms with Gasteiger partial charge in [-0.3, -0.25) is 0 Å². The van der Waals surface area contributed by atoms with Gasteiger partial charge in [-0.1, -0.05) is 20.8 Å². The zero-order valence-electron chi connectivity index (χ0n) is 12.4. The summed E-state index contributed by atoms with van der Waals surface area (Å²) in [5.74, 6) is 0.658. The van der Waals surface area contributed by atoms with Crippen molar-refractivity contribution < 1.29 is 9.16 Å². The van der Waals surface area contributed by atoms with E-state index in [4.69, 9.17) is 14.4 Å². The van der Waals surface area contributed by atoms with E-state index in [1.54, 1.807) is 18.3 Å². The molecule has 0 fully saturated rings. The highest BCUT2D eigenvalue weighted by molar-refractivity contribution is 6.74. The van der Waals surface area contributed by atoms with Crippen molar-refractivity contribution in [2.75, 3.05) is 13.2 Å². The van der Waals surface area contributed by atoms with Crippen LogP contribution in [-0.2, 0) is 4.43 Å². The van der Waals surface area contributed by atoms with Crippen LogP contribution in [0.3, 0.4) is 0 Å². The fourth-order valence-corrected chi connectivity index (χ4v) is 2.26. The summed E-state index contributed by atoms with van der Waals surface area (Å²) in [6.45, 7) is 12.1. The maximum Gasteiger partial charge on any atom is 0.192 e. The Bertz CT molecular complexity index is 461. The predicted molar refractivity (Wildman–Crippen MR) is 77.6 cm³/mol. The van der Waals surface area contributed by atoms with E-state index in [0.717, 1.165) is 0 Å². The van der Waals surface area contributed by atoms with Crippen LogP contribution in [0.15, 0.2) is 18.3 Å². The molecule has 19 heavy (non-hydrogen) atoms. The highest BCUT2D eigenvalue weighted by Crippen LogP contribution is 2.36. The van der Waals surface area contributed by atoms with Gasteiger partial charge in [0.25, 0.3) is 0 Å². The molecule has 1 heterocycles. The Morgan fingerprint density at radius 2 is 2.00 bits per heavy atom. The van der Waals surface area contributed by atoms with E-state index in [0.29, 0.717) is 24.7 Å². The Balaban J connectivity index is 2.41. The van der Waals surface area contributed by atoms with Gasteiger partial charge >= 0.3 is 0 Å². The summed E-state index contributed by atoms with van der Waals surface area (Å²) in [5, 5.41) is 8.95. The third kappa shape index (κ3) is 4.65. The largest absolute Gasteiger partial charge is 0.491 e. The van der Waals surface area contributed by atoms with Crippen molar-refractivity contribution in [3.63, 3.8) is 0 Å². The van der Waals surface area contributed by atoms with Gasteiger partial charge in [-0.15, -0.1) is 0 Å². The quantitative estimate of drug-likeness (QED) is 0.612. The molecule has 104 valence electrons. The topological polar surface area (TPSA) is 55.1 Å². The lowest BCUT2D eigenvalue weighted by molar-refractivity contribution is 0.203. The monoisotopic (exact) mass is 278 g/mol. The van der Waals surface area contributed by atoms with Crippen LogP contribution >= 0.6 is 0 Å². The van der Waals surface area contributed by atoms with Crippen LogP contribution in [0.1, 0.15) is 26.5 Å². The smallest absolute Gasteiger partial charge is 0.192 e. The molecule has 0 unspecified atom stereocenters. The maximum absolute atomic E-state index is 8.74. The lowest BCUT2D eigenvalue weighted by Crippen LogP contribution is -2.41. The second-order valence-electron chi connectivity index (χ2n) is 5.95. The molecule has 0 saturated carbocycles. The molecule has 0 spiro atoms. The van der Waals surface area contributed by atoms with Gasteiger partial charge in [-0.2, -0.15) is 5.26 Å². The first-order valence-corrected chi connectivity index (χ1v) is 9.30. The average molecular weight is 278 g/mol. The molecule has 4 nitrogen and oxygen atoms in total. The van der Waals surface area contributed by atoms with Crippen LogP contribution in [0.2, 0.25) is 18.1 Å². The zero-order valence-corrected chi connectivity index (χ0v) is 13.4. The predicted octanol–water partition coefficient (Wildman–Crippen LogP) is 3.35. The Kier molecular flexibility index (Phi) is 5.09. The van der Waals surface area contributed by atoms with Gasteiger partial charge in [0.2, 0.25) is 0 Å². The molecule has 0 aliphatic rings. The molecule has 0 aliphatic carbocycles. The molecule has 0 saturated heterocycles. The first-order valence-electron chi connectivity index (χ1n) is 6.39. The van der Waals surface area contributed by atoms with Gasteiger partial charge in [0.15, 0.2) is 8.32 Å². The molecular weight excluding hydrogens is 256 g/mol. The number of pyridine rings is 1. The highest BCUT2D eigenvalue weighted by atomic mass is 28.4. The van der Waals surface area contributed by atoms with E-state index >= 15 is 0 Å². The Morgan fingerprint density at radius 1 is 1.32 bits per heavy atom. The molecule has 0 aromatic carbocycles. The molecule has 0 bridgehead atoms. The lowest BCUT2D eigenvalue weighted by Gasteiger charge is -2.36. The molecule has 0 aliphatic heterocycles. The van der Waals surface area contributed by atoms with Crippen LogP contribution in [0.5, 0.6) is 5.75 Å². The maximum atomic E-state index is 8.74. The van der Waals surface area contributed by atoms with Crippen molar-refractivity contribution >= 4 is 8.32 Å². The first kappa shape index (κ1) is 15.7. The van der Waals surface area contributed by atoms with Crippen molar-refractivity contribution in [3.05, 3.63) is 24.0 Å². The zero-order chi connectivity index (χ0) is 14.5. The number of nitriles is 1. The van der Waals surface area contributed by atoms with E-state index in [1.807, 2.05) is 6.07 Å². The van der Waals surface area contributed by atoms with Crippen molar-refractivity contribution in [2.45, 2.75) is 38.9 Å². The molecule has 1 rings (SSSR count). The van der Waals surface area contributed by atoms with Gasteiger partial charge in [-0.05, 0) is 24.2 Å². The molecule has 5 heteroatoms. The summed E-state index contributed by atoms with van der Waals surface area (Å²) in [7, 11) is -1.71. The number of rotatable bonds is 5. The van der Waals surface area contributed by atoms with Crippen molar-refractivity contribution in [1.82, 2.24) is 4.98 Å². The number of hydrogen-bond donors (Lipinski definition) is 0. The lowest BCUT2D eigenvalue weighted by atomic mass is 10.2. The van der Waals surface area contributed by atoms with E-state index in [9.17, 15) is 0 Å². The molecule has 1 aromatic heterocycles. The average Bonchev–Trinajstić information content (AvgIpc) is 2.33. The molecule has 0 N–H and O–H groups in total. The second-order valence-corrected chi connectivity index (χ2v) is 10.8.